The topological polar surface area (TPSA) is 12.0 Å². The fourth-order valence-corrected chi connectivity index (χ4v) is 2.27. The van der Waals surface area contributed by atoms with Gasteiger partial charge in [0.2, 0.25) is 0 Å². The zero-order valence-electron chi connectivity index (χ0n) is 11.5. The lowest BCUT2D eigenvalue weighted by molar-refractivity contribution is 0.570. The average Bonchev–Trinajstić information content (AvgIpc) is 2.38. The molecule has 0 radical (unpaired) electrons. The molecule has 1 N–H and O–H groups in total. The fourth-order valence-electron chi connectivity index (χ4n) is 2.27. The summed E-state index contributed by atoms with van der Waals surface area (Å²) >= 11 is 0. The standard InChI is InChI=1S/C16H29N/c1-2-3-4-5-6-10-14-17-15-13-16-11-8-7-9-12-16/h7-8,11,17H,2-6,9-10,12-15H2,1H3. The molecule has 1 rings (SSSR count). The van der Waals surface area contributed by atoms with Gasteiger partial charge in [-0.15, -0.1) is 0 Å². The number of hydrogen-bond acceptors (Lipinski definition) is 1. The Hall–Kier alpha value is -0.560. The van der Waals surface area contributed by atoms with Gasteiger partial charge in [-0.2, -0.15) is 0 Å². The highest BCUT2D eigenvalue weighted by Crippen LogP contribution is 2.14. The van der Waals surface area contributed by atoms with Crippen LogP contribution in [0.3, 0.4) is 0 Å². The van der Waals surface area contributed by atoms with Crippen molar-refractivity contribution in [2.75, 3.05) is 13.1 Å². The molecule has 1 aliphatic rings. The quantitative estimate of drug-likeness (QED) is 0.546. The molecule has 0 saturated heterocycles. The molecule has 0 aromatic heterocycles. The van der Waals surface area contributed by atoms with E-state index in [1.165, 1.54) is 64.3 Å². The molecule has 0 unspecified atom stereocenters. The van der Waals surface area contributed by atoms with Gasteiger partial charge in [0, 0.05) is 0 Å². The molecular weight excluding hydrogens is 206 g/mol. The first kappa shape index (κ1) is 14.5. The molecule has 17 heavy (non-hydrogen) atoms. The van der Waals surface area contributed by atoms with Crippen molar-refractivity contribution >= 4 is 0 Å². The summed E-state index contributed by atoms with van der Waals surface area (Å²) < 4.78 is 0. The second-order valence-corrected chi connectivity index (χ2v) is 5.06. The average molecular weight is 235 g/mol. The van der Waals surface area contributed by atoms with E-state index in [2.05, 4.69) is 30.5 Å². The Morgan fingerprint density at radius 1 is 1.06 bits per heavy atom. The largest absolute Gasteiger partial charge is 0.316 e. The van der Waals surface area contributed by atoms with Gasteiger partial charge in [-0.25, -0.2) is 0 Å². The third-order valence-electron chi connectivity index (χ3n) is 3.43. The van der Waals surface area contributed by atoms with Gasteiger partial charge in [0.15, 0.2) is 0 Å². The van der Waals surface area contributed by atoms with Crippen molar-refractivity contribution in [2.45, 2.75) is 64.7 Å². The molecular formula is C16H29N. The van der Waals surface area contributed by atoms with Gasteiger partial charge in [0.25, 0.3) is 0 Å². The number of unbranched alkanes of at least 4 members (excludes halogenated alkanes) is 5. The summed E-state index contributed by atoms with van der Waals surface area (Å²) in [5.74, 6) is 0. The van der Waals surface area contributed by atoms with E-state index in [-0.39, 0.29) is 0 Å². The Kier molecular flexibility index (Phi) is 9.03. The van der Waals surface area contributed by atoms with Crippen molar-refractivity contribution in [3.05, 3.63) is 23.8 Å². The van der Waals surface area contributed by atoms with Crippen molar-refractivity contribution in [1.82, 2.24) is 5.32 Å². The summed E-state index contributed by atoms with van der Waals surface area (Å²) in [5, 5.41) is 3.56. The lowest BCUT2D eigenvalue weighted by atomic mass is 10.0. The molecule has 0 saturated carbocycles. The van der Waals surface area contributed by atoms with Gasteiger partial charge >= 0.3 is 0 Å². The van der Waals surface area contributed by atoms with Crippen LogP contribution in [0.1, 0.15) is 64.7 Å². The summed E-state index contributed by atoms with van der Waals surface area (Å²) in [6, 6.07) is 0. The summed E-state index contributed by atoms with van der Waals surface area (Å²) in [6.45, 7) is 4.64. The SMILES string of the molecule is CCCCCCCCNCCC1=CC=CCC1. The summed E-state index contributed by atoms with van der Waals surface area (Å²) in [4.78, 5) is 0. The van der Waals surface area contributed by atoms with Crippen molar-refractivity contribution in [1.29, 1.82) is 0 Å². The maximum Gasteiger partial charge on any atom is -0.00115 e. The van der Waals surface area contributed by atoms with Crippen molar-refractivity contribution in [2.24, 2.45) is 0 Å². The highest BCUT2D eigenvalue weighted by atomic mass is 14.8. The Morgan fingerprint density at radius 2 is 1.88 bits per heavy atom. The van der Waals surface area contributed by atoms with E-state index >= 15 is 0 Å². The molecule has 0 amide bonds. The molecule has 0 aliphatic heterocycles. The minimum Gasteiger partial charge on any atom is -0.316 e. The van der Waals surface area contributed by atoms with Crippen LogP contribution < -0.4 is 5.32 Å². The summed E-state index contributed by atoms with van der Waals surface area (Å²) in [5.41, 5.74) is 1.61. The van der Waals surface area contributed by atoms with Crippen LogP contribution in [-0.4, -0.2) is 13.1 Å². The van der Waals surface area contributed by atoms with Crippen molar-refractivity contribution in [3.8, 4) is 0 Å². The van der Waals surface area contributed by atoms with Gasteiger partial charge < -0.3 is 5.32 Å². The Bertz CT molecular complexity index is 228. The molecule has 0 fully saturated rings. The molecule has 0 bridgehead atoms. The zero-order valence-corrected chi connectivity index (χ0v) is 11.5. The van der Waals surface area contributed by atoms with Crippen LogP contribution in [-0.2, 0) is 0 Å². The van der Waals surface area contributed by atoms with Crippen LogP contribution in [0.15, 0.2) is 23.8 Å². The monoisotopic (exact) mass is 235 g/mol. The van der Waals surface area contributed by atoms with Gasteiger partial charge in [-0.05, 0) is 38.8 Å². The van der Waals surface area contributed by atoms with Gasteiger partial charge in [0.1, 0.15) is 0 Å². The zero-order chi connectivity index (χ0) is 12.2. The van der Waals surface area contributed by atoms with Gasteiger partial charge in [0.05, 0.1) is 0 Å². The molecule has 0 spiro atoms. The first-order valence-corrected chi connectivity index (χ1v) is 7.48. The normalized spacial score (nSPS) is 15.0. The second kappa shape index (κ2) is 10.6. The number of rotatable bonds is 10. The first-order valence-electron chi connectivity index (χ1n) is 7.48. The fraction of sp³-hybridized carbons (Fsp3) is 0.750. The maximum absolute atomic E-state index is 3.56. The van der Waals surface area contributed by atoms with Crippen LogP contribution >= 0.6 is 0 Å². The highest BCUT2D eigenvalue weighted by molar-refractivity contribution is 5.17. The predicted molar refractivity (Wildman–Crippen MR) is 77.3 cm³/mol. The smallest absolute Gasteiger partial charge is 0.00115 e. The van der Waals surface area contributed by atoms with Crippen molar-refractivity contribution < 1.29 is 0 Å². The second-order valence-electron chi connectivity index (χ2n) is 5.06. The minimum absolute atomic E-state index is 1.16. The van der Waals surface area contributed by atoms with Crippen molar-refractivity contribution in [3.63, 3.8) is 0 Å². The predicted octanol–water partition coefficient (Wildman–Crippen LogP) is 4.60. The molecule has 0 atom stereocenters. The molecule has 98 valence electrons. The van der Waals surface area contributed by atoms with Crippen LogP contribution in [0.5, 0.6) is 0 Å². The first-order chi connectivity index (χ1) is 8.43. The Morgan fingerprint density at radius 3 is 2.65 bits per heavy atom. The van der Waals surface area contributed by atoms with E-state index in [0.717, 1.165) is 6.54 Å². The van der Waals surface area contributed by atoms with Gasteiger partial charge in [-0.3, -0.25) is 0 Å². The third-order valence-corrected chi connectivity index (χ3v) is 3.43. The van der Waals surface area contributed by atoms with Crippen LogP contribution in [0.2, 0.25) is 0 Å². The van der Waals surface area contributed by atoms with Crippen LogP contribution in [0.4, 0.5) is 0 Å². The molecule has 1 aliphatic carbocycles. The number of allylic oxidation sites excluding steroid dienone is 3. The van der Waals surface area contributed by atoms with E-state index < -0.39 is 0 Å². The number of hydrogen-bond donors (Lipinski definition) is 1. The van der Waals surface area contributed by atoms with E-state index in [9.17, 15) is 0 Å². The lowest BCUT2D eigenvalue weighted by Crippen LogP contribution is -2.17. The van der Waals surface area contributed by atoms with E-state index in [0.29, 0.717) is 0 Å². The Balaban J connectivity index is 1.81. The molecule has 1 heteroatoms. The molecule has 0 heterocycles. The van der Waals surface area contributed by atoms with Crippen LogP contribution in [0, 0.1) is 0 Å². The molecule has 1 nitrogen and oxygen atoms in total. The highest BCUT2D eigenvalue weighted by Gasteiger charge is 1.98. The summed E-state index contributed by atoms with van der Waals surface area (Å²) in [7, 11) is 0. The van der Waals surface area contributed by atoms with E-state index in [1.54, 1.807) is 5.57 Å². The lowest BCUT2D eigenvalue weighted by Gasteiger charge is -2.09. The third kappa shape index (κ3) is 8.20. The Labute approximate surface area is 107 Å². The summed E-state index contributed by atoms with van der Waals surface area (Å²) in [6.07, 6.45) is 18.9. The van der Waals surface area contributed by atoms with E-state index in [4.69, 9.17) is 0 Å². The maximum atomic E-state index is 3.56. The minimum atomic E-state index is 1.16. The molecule has 0 aromatic carbocycles. The van der Waals surface area contributed by atoms with Gasteiger partial charge in [-0.1, -0.05) is 62.8 Å². The van der Waals surface area contributed by atoms with Crippen LogP contribution in [0.25, 0.3) is 0 Å². The molecule has 0 aromatic rings. The number of nitrogens with one attached hydrogen (secondary N) is 1. The van der Waals surface area contributed by atoms with E-state index in [1.807, 2.05) is 0 Å².